The molecule has 1 aromatic carbocycles. The minimum absolute atomic E-state index is 0.118. The van der Waals surface area contributed by atoms with E-state index in [2.05, 4.69) is 0 Å². The molecule has 1 aromatic rings. The highest BCUT2D eigenvalue weighted by Crippen LogP contribution is 2.40. The van der Waals surface area contributed by atoms with E-state index in [4.69, 9.17) is 0 Å². The van der Waals surface area contributed by atoms with E-state index in [0.717, 1.165) is 16.7 Å². The molecular weight excluding hydrogens is 234 g/mol. The summed E-state index contributed by atoms with van der Waals surface area (Å²) in [6, 6.07) is 3.79. The highest BCUT2D eigenvalue weighted by atomic mass is 19.3. The number of rotatable bonds is 2. The van der Waals surface area contributed by atoms with Crippen molar-refractivity contribution in [3.63, 3.8) is 0 Å². The van der Waals surface area contributed by atoms with Crippen molar-refractivity contribution >= 4 is 5.78 Å². The molecule has 0 aromatic heterocycles. The van der Waals surface area contributed by atoms with Gasteiger partial charge in [-0.25, -0.2) is 8.78 Å². The van der Waals surface area contributed by atoms with Gasteiger partial charge in [-0.3, -0.25) is 4.79 Å². The molecule has 0 heterocycles. The van der Waals surface area contributed by atoms with Crippen LogP contribution in [0.5, 0.6) is 0 Å². The SMILES string of the molecule is Cc1cc(C)c(C(=O)C2CCC(F)(F)C2)cc1C. The summed E-state index contributed by atoms with van der Waals surface area (Å²) < 4.78 is 26.3. The first kappa shape index (κ1) is 13.2. The summed E-state index contributed by atoms with van der Waals surface area (Å²) in [4.78, 5) is 12.3. The maximum atomic E-state index is 13.2. The molecule has 0 saturated heterocycles. The number of hydrogen-bond donors (Lipinski definition) is 0. The summed E-state index contributed by atoms with van der Waals surface area (Å²) in [6.07, 6.45) is -0.149. The van der Waals surface area contributed by atoms with E-state index in [1.54, 1.807) is 0 Å². The molecule has 3 heteroatoms. The number of aryl methyl sites for hydroxylation is 3. The maximum absolute atomic E-state index is 13.2. The molecule has 0 radical (unpaired) electrons. The first-order valence-electron chi connectivity index (χ1n) is 6.30. The van der Waals surface area contributed by atoms with Crippen LogP contribution >= 0.6 is 0 Å². The first-order chi connectivity index (χ1) is 8.30. The average molecular weight is 252 g/mol. The predicted molar refractivity (Wildman–Crippen MR) is 67.3 cm³/mol. The molecule has 0 bridgehead atoms. The van der Waals surface area contributed by atoms with Crippen molar-refractivity contribution in [2.75, 3.05) is 0 Å². The fourth-order valence-corrected chi connectivity index (χ4v) is 2.62. The molecule has 18 heavy (non-hydrogen) atoms. The molecule has 1 unspecified atom stereocenters. The van der Waals surface area contributed by atoms with Gasteiger partial charge in [-0.2, -0.15) is 0 Å². The molecular formula is C15H18F2O. The van der Waals surface area contributed by atoms with Gasteiger partial charge in [-0.1, -0.05) is 6.07 Å². The van der Waals surface area contributed by atoms with Crippen LogP contribution in [-0.2, 0) is 0 Å². The Morgan fingerprint density at radius 2 is 1.78 bits per heavy atom. The Labute approximate surface area is 106 Å². The monoisotopic (exact) mass is 252 g/mol. The molecule has 1 nitrogen and oxygen atoms in total. The normalized spacial score (nSPS) is 22.2. The second-order valence-electron chi connectivity index (χ2n) is 5.41. The van der Waals surface area contributed by atoms with Crippen LogP contribution in [0.15, 0.2) is 12.1 Å². The van der Waals surface area contributed by atoms with Crippen molar-refractivity contribution in [3.05, 3.63) is 34.4 Å². The third kappa shape index (κ3) is 2.45. The number of benzene rings is 1. The van der Waals surface area contributed by atoms with E-state index in [9.17, 15) is 13.6 Å². The summed E-state index contributed by atoms with van der Waals surface area (Å²) in [5, 5.41) is 0. The smallest absolute Gasteiger partial charge is 0.248 e. The van der Waals surface area contributed by atoms with E-state index in [1.165, 1.54) is 0 Å². The summed E-state index contributed by atoms with van der Waals surface area (Å²) in [7, 11) is 0. The van der Waals surface area contributed by atoms with E-state index in [1.807, 2.05) is 32.9 Å². The van der Waals surface area contributed by atoms with Gasteiger partial charge in [0.2, 0.25) is 5.92 Å². The van der Waals surface area contributed by atoms with Gasteiger partial charge in [0.05, 0.1) is 0 Å². The van der Waals surface area contributed by atoms with Gasteiger partial charge in [0.15, 0.2) is 5.78 Å². The zero-order chi connectivity index (χ0) is 13.5. The van der Waals surface area contributed by atoms with Gasteiger partial charge in [0, 0.05) is 24.3 Å². The molecule has 1 fully saturated rings. The van der Waals surface area contributed by atoms with Crippen molar-refractivity contribution in [2.45, 2.75) is 46.0 Å². The Kier molecular flexibility index (Phi) is 3.26. The molecule has 1 aliphatic carbocycles. The van der Waals surface area contributed by atoms with Crippen LogP contribution in [0.2, 0.25) is 0 Å². The van der Waals surface area contributed by atoms with Gasteiger partial charge >= 0.3 is 0 Å². The van der Waals surface area contributed by atoms with Gasteiger partial charge in [0.1, 0.15) is 0 Å². The standard InChI is InChI=1S/C15H18F2O/c1-9-6-11(3)13(7-10(9)2)14(18)12-4-5-15(16,17)8-12/h6-7,12H,4-5,8H2,1-3H3. The molecule has 2 rings (SSSR count). The zero-order valence-electron chi connectivity index (χ0n) is 11.0. The maximum Gasteiger partial charge on any atom is 0.248 e. The average Bonchev–Trinajstić information content (AvgIpc) is 2.63. The highest BCUT2D eigenvalue weighted by molar-refractivity contribution is 5.99. The minimum atomic E-state index is -2.66. The van der Waals surface area contributed by atoms with Crippen molar-refractivity contribution in [1.29, 1.82) is 0 Å². The molecule has 1 atom stereocenters. The Bertz CT molecular complexity index is 492. The van der Waals surface area contributed by atoms with Crippen molar-refractivity contribution < 1.29 is 13.6 Å². The van der Waals surface area contributed by atoms with Crippen LogP contribution in [0.25, 0.3) is 0 Å². The van der Waals surface area contributed by atoms with E-state index >= 15 is 0 Å². The Morgan fingerprint density at radius 1 is 1.17 bits per heavy atom. The Balaban J connectivity index is 2.27. The first-order valence-corrected chi connectivity index (χ1v) is 6.30. The number of hydrogen-bond acceptors (Lipinski definition) is 1. The van der Waals surface area contributed by atoms with E-state index in [-0.39, 0.29) is 18.6 Å². The van der Waals surface area contributed by atoms with Gasteiger partial charge in [-0.15, -0.1) is 0 Å². The van der Waals surface area contributed by atoms with Crippen LogP contribution in [0.1, 0.15) is 46.3 Å². The molecule has 0 N–H and O–H groups in total. The Morgan fingerprint density at radius 3 is 2.33 bits per heavy atom. The number of carbonyl (C=O) groups is 1. The molecule has 1 saturated carbocycles. The third-order valence-corrected chi connectivity index (χ3v) is 3.88. The topological polar surface area (TPSA) is 17.1 Å². The van der Waals surface area contributed by atoms with Crippen LogP contribution in [0.4, 0.5) is 8.78 Å². The van der Waals surface area contributed by atoms with Crippen LogP contribution in [0, 0.1) is 26.7 Å². The summed E-state index contributed by atoms with van der Waals surface area (Å²) >= 11 is 0. The van der Waals surface area contributed by atoms with Crippen LogP contribution < -0.4 is 0 Å². The van der Waals surface area contributed by atoms with Crippen molar-refractivity contribution in [2.24, 2.45) is 5.92 Å². The largest absolute Gasteiger partial charge is 0.294 e. The van der Waals surface area contributed by atoms with Crippen LogP contribution in [-0.4, -0.2) is 11.7 Å². The number of halogens is 2. The second kappa shape index (κ2) is 4.45. The Hall–Kier alpha value is -1.25. The van der Waals surface area contributed by atoms with E-state index < -0.39 is 11.8 Å². The molecule has 0 aliphatic heterocycles. The lowest BCUT2D eigenvalue weighted by atomic mass is 9.91. The lowest BCUT2D eigenvalue weighted by Gasteiger charge is -2.13. The zero-order valence-corrected chi connectivity index (χ0v) is 11.0. The van der Waals surface area contributed by atoms with Crippen molar-refractivity contribution in [1.82, 2.24) is 0 Å². The summed E-state index contributed by atoms with van der Waals surface area (Å²) in [5.41, 5.74) is 3.66. The lowest BCUT2D eigenvalue weighted by molar-refractivity contribution is 0.00529. The fourth-order valence-electron chi connectivity index (χ4n) is 2.62. The summed E-state index contributed by atoms with van der Waals surface area (Å²) in [6.45, 7) is 5.79. The number of alkyl halides is 2. The fraction of sp³-hybridized carbons (Fsp3) is 0.533. The second-order valence-corrected chi connectivity index (χ2v) is 5.41. The van der Waals surface area contributed by atoms with Gasteiger partial charge in [-0.05, 0) is 49.9 Å². The molecule has 1 aliphatic rings. The number of carbonyl (C=O) groups excluding carboxylic acids is 1. The van der Waals surface area contributed by atoms with Gasteiger partial charge in [0.25, 0.3) is 0 Å². The molecule has 0 spiro atoms. The quantitative estimate of drug-likeness (QED) is 0.720. The number of Topliss-reactive ketones (excluding diaryl/α,β-unsaturated/α-hetero) is 1. The predicted octanol–water partition coefficient (Wildman–Crippen LogP) is 4.23. The van der Waals surface area contributed by atoms with E-state index in [0.29, 0.717) is 12.0 Å². The number of ketones is 1. The van der Waals surface area contributed by atoms with Crippen LogP contribution in [0.3, 0.4) is 0 Å². The summed E-state index contributed by atoms with van der Waals surface area (Å²) in [5.74, 6) is -3.29. The molecule has 0 amide bonds. The minimum Gasteiger partial charge on any atom is -0.294 e. The third-order valence-electron chi connectivity index (χ3n) is 3.88. The van der Waals surface area contributed by atoms with Gasteiger partial charge < -0.3 is 0 Å². The highest BCUT2D eigenvalue weighted by Gasteiger charge is 2.42. The lowest BCUT2D eigenvalue weighted by Crippen LogP contribution is -2.17. The molecule has 98 valence electrons. The van der Waals surface area contributed by atoms with Crippen molar-refractivity contribution in [3.8, 4) is 0 Å².